The zero-order chi connectivity index (χ0) is 22.0. The van der Waals surface area contributed by atoms with E-state index in [9.17, 15) is 18.8 Å². The molecule has 3 amide bonds. The van der Waals surface area contributed by atoms with E-state index in [1.54, 1.807) is 6.08 Å². The molecule has 0 aromatic heterocycles. The van der Waals surface area contributed by atoms with E-state index in [2.05, 4.69) is 50.5 Å². The number of imide groups is 1. The smallest absolute Gasteiger partial charge is 0.294 e. The summed E-state index contributed by atoms with van der Waals surface area (Å²) < 4.78 is 20.4. The van der Waals surface area contributed by atoms with Crippen LogP contribution in [-0.4, -0.2) is 35.6 Å². The average Bonchev–Trinajstić information content (AvgIpc) is 2.92. The molecule has 1 N–H and O–H groups in total. The van der Waals surface area contributed by atoms with Crippen molar-refractivity contribution in [2.75, 3.05) is 19.0 Å². The first-order chi connectivity index (χ1) is 14.2. The minimum absolute atomic E-state index is 0.150. The van der Waals surface area contributed by atoms with Gasteiger partial charge in [0, 0.05) is 14.8 Å². The maximum Gasteiger partial charge on any atom is 0.294 e. The van der Waals surface area contributed by atoms with Gasteiger partial charge in [0.05, 0.1) is 20.6 Å². The largest absolute Gasteiger partial charge is 0.495 e. The Morgan fingerprint density at radius 3 is 2.70 bits per heavy atom. The maximum atomic E-state index is 13.2. The van der Waals surface area contributed by atoms with Gasteiger partial charge < -0.3 is 10.1 Å². The monoisotopic (exact) mass is 672 g/mol. The minimum Gasteiger partial charge on any atom is -0.495 e. The maximum absolute atomic E-state index is 13.2. The van der Waals surface area contributed by atoms with Crippen molar-refractivity contribution in [3.63, 3.8) is 0 Å². The number of thioether (sulfide) groups is 1. The van der Waals surface area contributed by atoms with Crippen LogP contribution in [0.5, 0.6) is 5.75 Å². The number of nitrogens with one attached hydrogen (secondary N) is 1. The number of halogens is 4. The molecule has 11 heteroatoms. The number of nitrogens with zero attached hydrogens (tertiary/aromatic N) is 1. The van der Waals surface area contributed by atoms with Crippen LogP contribution in [0.4, 0.5) is 14.9 Å². The van der Waals surface area contributed by atoms with Crippen molar-refractivity contribution < 1.29 is 23.5 Å². The molecule has 156 valence electrons. The van der Waals surface area contributed by atoms with Gasteiger partial charge in [-0.1, -0.05) is 11.6 Å². The van der Waals surface area contributed by atoms with Gasteiger partial charge in [-0.05, 0) is 93.4 Å². The highest BCUT2D eigenvalue weighted by Gasteiger charge is 2.36. The molecule has 0 atom stereocenters. The Morgan fingerprint density at radius 1 is 1.30 bits per heavy atom. The van der Waals surface area contributed by atoms with Crippen molar-refractivity contribution >= 4 is 97.4 Å². The van der Waals surface area contributed by atoms with E-state index in [0.29, 0.717) is 11.3 Å². The third kappa shape index (κ3) is 5.26. The summed E-state index contributed by atoms with van der Waals surface area (Å²) in [6.45, 7) is -0.474. The SMILES string of the molecule is COc1c(I)cc(I)cc1/C=C1/SC(=O)N(CC(=O)Nc2ccc(F)c(Cl)c2)C1=O. The molecule has 1 aliphatic heterocycles. The van der Waals surface area contributed by atoms with Crippen molar-refractivity contribution in [3.8, 4) is 5.75 Å². The van der Waals surface area contributed by atoms with Crippen LogP contribution in [0.3, 0.4) is 0 Å². The summed E-state index contributed by atoms with van der Waals surface area (Å²) in [5, 5.41) is 1.78. The summed E-state index contributed by atoms with van der Waals surface area (Å²) in [7, 11) is 1.53. The van der Waals surface area contributed by atoms with Crippen molar-refractivity contribution in [3.05, 3.63) is 58.8 Å². The fourth-order valence-corrected chi connectivity index (χ4v) is 5.72. The highest BCUT2D eigenvalue weighted by atomic mass is 127. The lowest BCUT2D eigenvalue weighted by molar-refractivity contribution is -0.127. The molecular formula is C19H12ClFI2N2O4S. The molecule has 1 saturated heterocycles. The Labute approximate surface area is 207 Å². The lowest BCUT2D eigenvalue weighted by Gasteiger charge is -2.13. The molecule has 1 heterocycles. The fraction of sp³-hybridized carbons (Fsp3) is 0.105. The molecular weight excluding hydrogens is 661 g/mol. The average molecular weight is 673 g/mol. The van der Waals surface area contributed by atoms with Crippen LogP contribution in [0.2, 0.25) is 5.02 Å². The summed E-state index contributed by atoms with van der Waals surface area (Å²) in [5.74, 6) is -1.21. The van der Waals surface area contributed by atoms with Gasteiger partial charge >= 0.3 is 0 Å². The molecule has 1 fully saturated rings. The quantitative estimate of drug-likeness (QED) is 0.342. The summed E-state index contributed by atoms with van der Waals surface area (Å²) in [5.41, 5.74) is 0.914. The molecule has 2 aromatic rings. The van der Waals surface area contributed by atoms with Crippen molar-refractivity contribution in [2.45, 2.75) is 0 Å². The van der Waals surface area contributed by atoms with Gasteiger partial charge in [-0.15, -0.1) is 0 Å². The van der Waals surface area contributed by atoms with E-state index in [-0.39, 0.29) is 15.6 Å². The fourth-order valence-electron chi connectivity index (χ4n) is 2.60. The lowest BCUT2D eigenvalue weighted by Crippen LogP contribution is -2.36. The molecule has 0 bridgehead atoms. The molecule has 0 radical (unpaired) electrons. The van der Waals surface area contributed by atoms with Crippen molar-refractivity contribution in [1.29, 1.82) is 0 Å². The van der Waals surface area contributed by atoms with Crippen LogP contribution >= 0.6 is 68.5 Å². The lowest BCUT2D eigenvalue weighted by atomic mass is 10.2. The van der Waals surface area contributed by atoms with E-state index in [0.717, 1.165) is 29.9 Å². The van der Waals surface area contributed by atoms with Crippen LogP contribution in [0.15, 0.2) is 35.2 Å². The molecule has 0 aliphatic carbocycles. The van der Waals surface area contributed by atoms with Gasteiger partial charge in [0.1, 0.15) is 18.1 Å². The normalized spacial score (nSPS) is 15.1. The second-order valence-corrected chi connectivity index (χ2v) is 9.76. The number of hydrogen-bond donors (Lipinski definition) is 1. The predicted octanol–water partition coefficient (Wildman–Crippen LogP) is 5.37. The molecule has 3 rings (SSSR count). The zero-order valence-electron chi connectivity index (χ0n) is 15.2. The standard InChI is InChI=1S/C19H12ClFI2N2O4S/c1-29-17-9(4-10(22)6-14(17)23)5-15-18(27)25(19(28)30-15)8-16(26)24-11-2-3-13(21)12(20)7-11/h2-7H,8H2,1H3,(H,24,26)/b15-5+. The minimum atomic E-state index is -0.619. The Hall–Kier alpha value is -1.38. The predicted molar refractivity (Wildman–Crippen MR) is 131 cm³/mol. The highest BCUT2D eigenvalue weighted by Crippen LogP contribution is 2.36. The number of carbonyl (C=O) groups excluding carboxylic acids is 3. The number of rotatable bonds is 5. The van der Waals surface area contributed by atoms with Gasteiger partial charge in [-0.25, -0.2) is 4.39 Å². The number of carbonyl (C=O) groups is 3. The number of amides is 3. The molecule has 0 spiro atoms. The van der Waals surface area contributed by atoms with Crippen LogP contribution in [0.25, 0.3) is 6.08 Å². The summed E-state index contributed by atoms with van der Waals surface area (Å²) in [6, 6.07) is 7.44. The first-order valence-corrected chi connectivity index (χ1v) is 11.6. The second kappa shape index (κ2) is 9.83. The molecule has 2 aromatic carbocycles. The van der Waals surface area contributed by atoms with Crippen LogP contribution < -0.4 is 10.1 Å². The van der Waals surface area contributed by atoms with Gasteiger partial charge in [0.2, 0.25) is 5.91 Å². The third-order valence-corrected chi connectivity index (χ3v) is 6.53. The van der Waals surface area contributed by atoms with Gasteiger partial charge in [0.25, 0.3) is 11.1 Å². The third-order valence-electron chi connectivity index (χ3n) is 3.91. The number of benzene rings is 2. The molecule has 0 saturated carbocycles. The van der Waals surface area contributed by atoms with E-state index in [4.69, 9.17) is 16.3 Å². The Morgan fingerprint density at radius 2 is 2.03 bits per heavy atom. The number of ether oxygens (including phenoxy) is 1. The van der Waals surface area contributed by atoms with Crippen molar-refractivity contribution in [2.24, 2.45) is 0 Å². The van der Waals surface area contributed by atoms with Crippen molar-refractivity contribution in [1.82, 2.24) is 4.90 Å². The van der Waals surface area contributed by atoms with Gasteiger partial charge in [0.15, 0.2) is 0 Å². The first kappa shape index (κ1) is 23.3. The number of anilines is 1. The number of hydrogen-bond acceptors (Lipinski definition) is 5. The molecule has 1 aliphatic rings. The second-order valence-electron chi connectivity index (χ2n) is 5.96. The molecule has 30 heavy (non-hydrogen) atoms. The van der Waals surface area contributed by atoms with E-state index in [1.165, 1.54) is 19.2 Å². The van der Waals surface area contributed by atoms with E-state index in [1.807, 2.05) is 12.1 Å². The van der Waals surface area contributed by atoms with Gasteiger partial charge in [-0.2, -0.15) is 0 Å². The summed E-state index contributed by atoms with van der Waals surface area (Å²) in [4.78, 5) is 38.3. The Balaban J connectivity index is 1.77. The van der Waals surface area contributed by atoms with Gasteiger partial charge in [-0.3, -0.25) is 19.3 Å². The zero-order valence-corrected chi connectivity index (χ0v) is 21.1. The Kier molecular flexibility index (Phi) is 7.63. The van der Waals surface area contributed by atoms with Crippen LogP contribution in [0, 0.1) is 13.0 Å². The number of methoxy groups -OCH3 is 1. The van der Waals surface area contributed by atoms with Crippen LogP contribution in [-0.2, 0) is 9.59 Å². The first-order valence-electron chi connectivity index (χ1n) is 8.23. The highest BCUT2D eigenvalue weighted by molar-refractivity contribution is 14.1. The summed E-state index contributed by atoms with van der Waals surface area (Å²) >= 11 is 10.7. The van der Waals surface area contributed by atoms with E-state index < -0.39 is 29.4 Å². The Bertz CT molecular complexity index is 1100. The van der Waals surface area contributed by atoms with E-state index >= 15 is 0 Å². The summed E-state index contributed by atoms with van der Waals surface area (Å²) in [6.07, 6.45) is 1.58. The topological polar surface area (TPSA) is 75.7 Å². The molecule has 6 nitrogen and oxygen atoms in total. The molecule has 0 unspecified atom stereocenters. The van der Waals surface area contributed by atoms with Crippen LogP contribution in [0.1, 0.15) is 5.56 Å².